The van der Waals surface area contributed by atoms with Gasteiger partial charge in [-0.3, -0.25) is 4.79 Å². The SMILES string of the molecule is CC(C)(C)NCCC(=O)Nc1ccc2cc(Br)ccc2c1. The highest BCUT2D eigenvalue weighted by molar-refractivity contribution is 9.10. The molecule has 0 spiro atoms. The lowest BCUT2D eigenvalue weighted by molar-refractivity contribution is -0.116. The van der Waals surface area contributed by atoms with Gasteiger partial charge in [-0.2, -0.15) is 0 Å². The van der Waals surface area contributed by atoms with Crippen LogP contribution in [0.1, 0.15) is 27.2 Å². The van der Waals surface area contributed by atoms with Crippen molar-refractivity contribution in [3.8, 4) is 0 Å². The Morgan fingerprint density at radius 3 is 2.48 bits per heavy atom. The van der Waals surface area contributed by atoms with Crippen LogP contribution >= 0.6 is 15.9 Å². The largest absolute Gasteiger partial charge is 0.326 e. The lowest BCUT2D eigenvalue weighted by atomic mass is 10.1. The maximum atomic E-state index is 11.9. The van der Waals surface area contributed by atoms with Crippen LogP contribution < -0.4 is 10.6 Å². The number of anilines is 1. The average molecular weight is 349 g/mol. The molecule has 0 aliphatic rings. The number of amides is 1. The standard InChI is InChI=1S/C17H21BrN2O/c1-17(2,3)19-9-8-16(21)20-15-7-5-12-10-14(18)6-4-13(12)11-15/h4-7,10-11,19H,8-9H2,1-3H3,(H,20,21). The zero-order valence-electron chi connectivity index (χ0n) is 12.7. The van der Waals surface area contributed by atoms with Gasteiger partial charge in [-0.05, 0) is 55.8 Å². The Morgan fingerprint density at radius 2 is 1.76 bits per heavy atom. The first-order valence-electron chi connectivity index (χ1n) is 7.08. The van der Waals surface area contributed by atoms with E-state index < -0.39 is 0 Å². The quantitative estimate of drug-likeness (QED) is 0.863. The van der Waals surface area contributed by atoms with Crippen LogP contribution in [0.2, 0.25) is 0 Å². The molecule has 0 saturated heterocycles. The second kappa shape index (κ2) is 6.58. The van der Waals surface area contributed by atoms with Crippen molar-refractivity contribution >= 4 is 38.3 Å². The number of hydrogen-bond acceptors (Lipinski definition) is 2. The molecule has 3 nitrogen and oxygen atoms in total. The summed E-state index contributed by atoms with van der Waals surface area (Å²) in [4.78, 5) is 11.9. The number of halogens is 1. The minimum absolute atomic E-state index is 0.0308. The minimum atomic E-state index is 0.0308. The van der Waals surface area contributed by atoms with Crippen molar-refractivity contribution < 1.29 is 4.79 Å². The van der Waals surface area contributed by atoms with Crippen molar-refractivity contribution in [1.29, 1.82) is 0 Å². The summed E-state index contributed by atoms with van der Waals surface area (Å²) in [5, 5.41) is 8.52. The molecule has 0 unspecified atom stereocenters. The van der Waals surface area contributed by atoms with E-state index in [4.69, 9.17) is 0 Å². The van der Waals surface area contributed by atoms with E-state index in [1.165, 1.54) is 0 Å². The molecule has 0 saturated carbocycles. The van der Waals surface area contributed by atoms with Crippen molar-refractivity contribution in [2.75, 3.05) is 11.9 Å². The van der Waals surface area contributed by atoms with Crippen molar-refractivity contribution in [1.82, 2.24) is 5.32 Å². The molecule has 2 rings (SSSR count). The van der Waals surface area contributed by atoms with Crippen LogP contribution in [0.3, 0.4) is 0 Å². The second-order valence-corrected chi connectivity index (χ2v) is 7.10. The van der Waals surface area contributed by atoms with Crippen LogP contribution in [0.4, 0.5) is 5.69 Å². The summed E-state index contributed by atoms with van der Waals surface area (Å²) in [5.41, 5.74) is 0.877. The molecule has 0 heterocycles. The third kappa shape index (κ3) is 5.14. The fraction of sp³-hybridized carbons (Fsp3) is 0.353. The van der Waals surface area contributed by atoms with Crippen LogP contribution in [-0.4, -0.2) is 18.0 Å². The van der Waals surface area contributed by atoms with Gasteiger partial charge in [0.2, 0.25) is 5.91 Å². The number of carbonyl (C=O) groups excluding carboxylic acids is 1. The van der Waals surface area contributed by atoms with Crippen LogP contribution in [0.5, 0.6) is 0 Å². The van der Waals surface area contributed by atoms with Crippen molar-refractivity contribution in [3.63, 3.8) is 0 Å². The van der Waals surface area contributed by atoms with E-state index in [1.54, 1.807) is 0 Å². The van der Waals surface area contributed by atoms with Gasteiger partial charge in [-0.1, -0.05) is 28.1 Å². The molecule has 4 heteroatoms. The van der Waals surface area contributed by atoms with E-state index in [2.05, 4.69) is 53.4 Å². The highest BCUT2D eigenvalue weighted by Crippen LogP contribution is 2.23. The van der Waals surface area contributed by atoms with Crippen LogP contribution in [0, 0.1) is 0 Å². The van der Waals surface area contributed by atoms with Gasteiger partial charge in [0.15, 0.2) is 0 Å². The average Bonchev–Trinajstić information content (AvgIpc) is 2.37. The summed E-state index contributed by atoms with van der Waals surface area (Å²) >= 11 is 3.46. The van der Waals surface area contributed by atoms with Gasteiger partial charge in [0.05, 0.1) is 0 Å². The predicted octanol–water partition coefficient (Wildman–Crippen LogP) is 4.32. The molecule has 0 aromatic heterocycles. The number of hydrogen-bond donors (Lipinski definition) is 2. The number of benzene rings is 2. The van der Waals surface area contributed by atoms with Crippen molar-refractivity contribution in [3.05, 3.63) is 40.9 Å². The van der Waals surface area contributed by atoms with Gasteiger partial charge in [-0.15, -0.1) is 0 Å². The molecule has 2 aromatic carbocycles. The monoisotopic (exact) mass is 348 g/mol. The normalized spacial score (nSPS) is 11.6. The summed E-state index contributed by atoms with van der Waals surface area (Å²) in [6.45, 7) is 6.95. The Morgan fingerprint density at radius 1 is 1.10 bits per heavy atom. The Kier molecular flexibility index (Phi) is 5.01. The van der Waals surface area contributed by atoms with Gasteiger partial charge in [0.25, 0.3) is 0 Å². The molecule has 0 fully saturated rings. The Hall–Kier alpha value is -1.39. The van der Waals surface area contributed by atoms with E-state index in [-0.39, 0.29) is 11.4 Å². The van der Waals surface area contributed by atoms with Crippen LogP contribution in [0.25, 0.3) is 10.8 Å². The van der Waals surface area contributed by atoms with E-state index in [0.717, 1.165) is 20.9 Å². The number of nitrogens with one attached hydrogen (secondary N) is 2. The van der Waals surface area contributed by atoms with E-state index >= 15 is 0 Å². The van der Waals surface area contributed by atoms with E-state index in [1.807, 2.05) is 30.3 Å². The predicted molar refractivity (Wildman–Crippen MR) is 92.7 cm³/mol. The lowest BCUT2D eigenvalue weighted by Gasteiger charge is -2.20. The Balaban J connectivity index is 1.96. The Bertz CT molecular complexity index is 647. The highest BCUT2D eigenvalue weighted by Gasteiger charge is 2.09. The number of rotatable bonds is 4. The summed E-state index contributed by atoms with van der Waals surface area (Å²) < 4.78 is 1.06. The van der Waals surface area contributed by atoms with Gasteiger partial charge in [-0.25, -0.2) is 0 Å². The van der Waals surface area contributed by atoms with E-state index in [0.29, 0.717) is 13.0 Å². The van der Waals surface area contributed by atoms with Gasteiger partial charge >= 0.3 is 0 Å². The lowest BCUT2D eigenvalue weighted by Crippen LogP contribution is -2.37. The maximum Gasteiger partial charge on any atom is 0.225 e. The molecule has 0 aliphatic heterocycles. The smallest absolute Gasteiger partial charge is 0.225 e. The molecule has 21 heavy (non-hydrogen) atoms. The molecule has 2 N–H and O–H groups in total. The molecule has 0 bridgehead atoms. The zero-order chi connectivity index (χ0) is 15.5. The zero-order valence-corrected chi connectivity index (χ0v) is 14.3. The highest BCUT2D eigenvalue weighted by atomic mass is 79.9. The maximum absolute atomic E-state index is 11.9. The summed E-state index contributed by atoms with van der Waals surface area (Å²) in [6, 6.07) is 12.1. The second-order valence-electron chi connectivity index (χ2n) is 6.18. The fourth-order valence-corrected chi connectivity index (χ4v) is 2.45. The molecule has 0 aliphatic carbocycles. The molecular formula is C17H21BrN2O. The number of carbonyl (C=O) groups is 1. The number of fused-ring (bicyclic) bond motifs is 1. The third-order valence-electron chi connectivity index (χ3n) is 3.09. The first kappa shape index (κ1) is 16.0. The third-order valence-corrected chi connectivity index (χ3v) is 3.59. The summed E-state index contributed by atoms with van der Waals surface area (Å²) in [6.07, 6.45) is 0.468. The molecule has 1 amide bonds. The minimum Gasteiger partial charge on any atom is -0.326 e. The molecule has 2 aromatic rings. The molecule has 0 radical (unpaired) electrons. The fourth-order valence-electron chi connectivity index (χ4n) is 2.07. The first-order chi connectivity index (χ1) is 9.83. The summed E-state index contributed by atoms with van der Waals surface area (Å²) in [7, 11) is 0. The van der Waals surface area contributed by atoms with Crippen molar-refractivity contribution in [2.45, 2.75) is 32.7 Å². The molecule has 112 valence electrons. The van der Waals surface area contributed by atoms with E-state index in [9.17, 15) is 4.79 Å². The van der Waals surface area contributed by atoms with Crippen LogP contribution in [0.15, 0.2) is 40.9 Å². The van der Waals surface area contributed by atoms with Gasteiger partial charge in [0.1, 0.15) is 0 Å². The topological polar surface area (TPSA) is 41.1 Å². The summed E-state index contributed by atoms with van der Waals surface area (Å²) in [5.74, 6) is 0.0308. The molecule has 0 atom stereocenters. The van der Waals surface area contributed by atoms with Gasteiger partial charge in [0, 0.05) is 28.7 Å². The van der Waals surface area contributed by atoms with Crippen molar-refractivity contribution in [2.24, 2.45) is 0 Å². The molecular weight excluding hydrogens is 328 g/mol. The Labute approximate surface area is 134 Å². The van der Waals surface area contributed by atoms with Gasteiger partial charge < -0.3 is 10.6 Å². The first-order valence-corrected chi connectivity index (χ1v) is 7.87. The van der Waals surface area contributed by atoms with Crippen LogP contribution in [-0.2, 0) is 4.79 Å².